The van der Waals surface area contributed by atoms with Crippen LogP contribution in [0.4, 0.5) is 0 Å². The molecular formula is C12H16N+. The molecule has 1 aromatic carbocycles. The summed E-state index contributed by atoms with van der Waals surface area (Å²) in [6.07, 6.45) is 6.15. The van der Waals surface area contributed by atoms with Gasteiger partial charge < -0.3 is 0 Å². The van der Waals surface area contributed by atoms with Crippen LogP contribution in [0.25, 0.3) is 0 Å². The predicted octanol–water partition coefficient (Wildman–Crippen LogP) is 2.48. The smallest absolute Gasteiger partial charge is 0.167 e. The first-order valence-corrected chi connectivity index (χ1v) is 4.53. The summed E-state index contributed by atoms with van der Waals surface area (Å²) in [7, 11) is 2.08. The van der Waals surface area contributed by atoms with E-state index in [-0.39, 0.29) is 0 Å². The van der Waals surface area contributed by atoms with Gasteiger partial charge in [0.1, 0.15) is 7.05 Å². The molecule has 0 unspecified atom stereocenters. The number of hydrogen-bond acceptors (Lipinski definition) is 0. The van der Waals surface area contributed by atoms with Gasteiger partial charge in [-0.05, 0) is 13.0 Å². The molecule has 0 fully saturated rings. The molecule has 0 spiro atoms. The fourth-order valence-corrected chi connectivity index (χ4v) is 1.16. The summed E-state index contributed by atoms with van der Waals surface area (Å²) in [5, 5.41) is 0. The Labute approximate surface area is 80.0 Å². The number of allylic oxidation sites excluding steroid dienone is 2. The van der Waals surface area contributed by atoms with Crippen LogP contribution in [-0.4, -0.2) is 17.8 Å². The second-order valence-corrected chi connectivity index (χ2v) is 3.08. The Morgan fingerprint density at radius 1 is 1.23 bits per heavy atom. The highest BCUT2D eigenvalue weighted by Crippen LogP contribution is 1.98. The largest absolute Gasteiger partial charge is 0.234 e. The summed E-state index contributed by atoms with van der Waals surface area (Å²) in [6, 6.07) is 10.5. The molecule has 1 nitrogen and oxygen atoms in total. The molecule has 1 aromatic rings. The summed E-state index contributed by atoms with van der Waals surface area (Å²) in [5.74, 6) is 0. The highest BCUT2D eigenvalue weighted by atomic mass is 14.9. The van der Waals surface area contributed by atoms with Gasteiger partial charge in [0.25, 0.3) is 0 Å². The lowest BCUT2D eigenvalue weighted by atomic mass is 10.2. The van der Waals surface area contributed by atoms with Crippen molar-refractivity contribution in [1.82, 2.24) is 0 Å². The maximum atomic E-state index is 2.16. The standard InChI is InChI=1S/C12H16N/c1-3-4-10-13(2)11-12-8-6-5-7-9-12/h3-10H,11H2,1-2H3/q+1/b4-3+,13-10?. The molecular weight excluding hydrogens is 158 g/mol. The van der Waals surface area contributed by atoms with Crippen LogP contribution in [0.5, 0.6) is 0 Å². The van der Waals surface area contributed by atoms with Crippen LogP contribution in [-0.2, 0) is 6.54 Å². The van der Waals surface area contributed by atoms with E-state index >= 15 is 0 Å². The van der Waals surface area contributed by atoms with E-state index < -0.39 is 0 Å². The maximum Gasteiger partial charge on any atom is 0.167 e. The average Bonchev–Trinajstić information content (AvgIpc) is 2.16. The van der Waals surface area contributed by atoms with Crippen LogP contribution in [0.15, 0.2) is 42.5 Å². The van der Waals surface area contributed by atoms with Gasteiger partial charge in [-0.2, -0.15) is 0 Å². The lowest BCUT2D eigenvalue weighted by Crippen LogP contribution is -2.05. The fourth-order valence-electron chi connectivity index (χ4n) is 1.16. The molecule has 0 bridgehead atoms. The summed E-state index contributed by atoms with van der Waals surface area (Å²) >= 11 is 0. The molecule has 0 aromatic heterocycles. The first kappa shape index (κ1) is 9.72. The second kappa shape index (κ2) is 5.31. The predicted molar refractivity (Wildman–Crippen MR) is 57.2 cm³/mol. The van der Waals surface area contributed by atoms with Gasteiger partial charge in [-0.1, -0.05) is 36.4 Å². The van der Waals surface area contributed by atoms with Crippen LogP contribution in [0.3, 0.4) is 0 Å². The van der Waals surface area contributed by atoms with E-state index in [0.717, 1.165) is 6.54 Å². The Bertz CT molecular complexity index is 296. The third-order valence-corrected chi connectivity index (χ3v) is 1.81. The Morgan fingerprint density at radius 2 is 1.92 bits per heavy atom. The van der Waals surface area contributed by atoms with Crippen molar-refractivity contribution in [2.45, 2.75) is 13.5 Å². The average molecular weight is 174 g/mol. The lowest BCUT2D eigenvalue weighted by molar-refractivity contribution is -0.508. The van der Waals surface area contributed by atoms with Gasteiger partial charge >= 0.3 is 0 Å². The van der Waals surface area contributed by atoms with E-state index in [2.05, 4.69) is 42.1 Å². The van der Waals surface area contributed by atoms with Gasteiger partial charge in [0.2, 0.25) is 0 Å². The minimum absolute atomic E-state index is 0.963. The molecule has 68 valence electrons. The van der Waals surface area contributed by atoms with Gasteiger partial charge in [0.15, 0.2) is 12.8 Å². The van der Waals surface area contributed by atoms with Gasteiger partial charge in [0.05, 0.1) is 0 Å². The molecule has 0 aliphatic rings. The number of benzene rings is 1. The summed E-state index contributed by atoms with van der Waals surface area (Å²) in [5.41, 5.74) is 1.34. The van der Waals surface area contributed by atoms with Crippen molar-refractivity contribution in [3.05, 3.63) is 48.0 Å². The van der Waals surface area contributed by atoms with Crippen molar-refractivity contribution in [3.8, 4) is 0 Å². The maximum absolute atomic E-state index is 2.16. The third kappa shape index (κ3) is 3.70. The van der Waals surface area contributed by atoms with Crippen molar-refractivity contribution in [2.75, 3.05) is 7.05 Å². The zero-order valence-corrected chi connectivity index (χ0v) is 8.27. The topological polar surface area (TPSA) is 3.01 Å². The van der Waals surface area contributed by atoms with Gasteiger partial charge in [0, 0.05) is 5.56 Å². The van der Waals surface area contributed by atoms with Crippen molar-refractivity contribution >= 4 is 6.21 Å². The number of hydrogen-bond donors (Lipinski definition) is 0. The number of nitrogens with zero attached hydrogens (tertiary/aromatic N) is 1. The molecule has 0 amide bonds. The van der Waals surface area contributed by atoms with Gasteiger partial charge in [-0.15, -0.1) is 0 Å². The normalized spacial score (nSPS) is 12.3. The molecule has 1 heteroatoms. The molecule has 0 heterocycles. The van der Waals surface area contributed by atoms with E-state index in [1.54, 1.807) is 0 Å². The highest BCUT2D eigenvalue weighted by Gasteiger charge is 1.96. The van der Waals surface area contributed by atoms with Gasteiger partial charge in [-0.25, -0.2) is 4.58 Å². The summed E-state index contributed by atoms with van der Waals surface area (Å²) in [6.45, 7) is 2.98. The Balaban J connectivity index is 2.60. The summed E-state index contributed by atoms with van der Waals surface area (Å²) in [4.78, 5) is 0. The van der Waals surface area contributed by atoms with E-state index in [9.17, 15) is 0 Å². The summed E-state index contributed by atoms with van der Waals surface area (Å²) < 4.78 is 2.16. The Kier molecular flexibility index (Phi) is 3.97. The molecule has 0 aliphatic carbocycles. The van der Waals surface area contributed by atoms with Crippen molar-refractivity contribution in [2.24, 2.45) is 0 Å². The molecule has 0 radical (unpaired) electrons. The third-order valence-electron chi connectivity index (χ3n) is 1.81. The first-order chi connectivity index (χ1) is 6.33. The molecule has 0 saturated heterocycles. The zero-order valence-electron chi connectivity index (χ0n) is 8.27. The van der Waals surface area contributed by atoms with Crippen LogP contribution in [0.2, 0.25) is 0 Å². The molecule has 1 rings (SSSR count). The Hall–Kier alpha value is -1.37. The van der Waals surface area contributed by atoms with E-state index in [1.807, 2.05) is 25.1 Å². The quantitative estimate of drug-likeness (QED) is 0.489. The molecule has 0 atom stereocenters. The zero-order chi connectivity index (χ0) is 9.52. The van der Waals surface area contributed by atoms with Crippen molar-refractivity contribution < 1.29 is 4.58 Å². The minimum atomic E-state index is 0.963. The second-order valence-electron chi connectivity index (χ2n) is 3.08. The lowest BCUT2D eigenvalue weighted by Gasteiger charge is -1.95. The SMILES string of the molecule is C/C=C/C=[N+](C)Cc1ccccc1. The van der Waals surface area contributed by atoms with E-state index in [4.69, 9.17) is 0 Å². The molecule has 0 aliphatic heterocycles. The van der Waals surface area contributed by atoms with E-state index in [1.165, 1.54) is 5.56 Å². The van der Waals surface area contributed by atoms with Crippen LogP contribution in [0.1, 0.15) is 12.5 Å². The monoisotopic (exact) mass is 174 g/mol. The van der Waals surface area contributed by atoms with Crippen LogP contribution >= 0.6 is 0 Å². The fraction of sp³-hybridized carbons (Fsp3) is 0.250. The van der Waals surface area contributed by atoms with Crippen LogP contribution in [0, 0.1) is 0 Å². The first-order valence-electron chi connectivity index (χ1n) is 4.53. The molecule has 13 heavy (non-hydrogen) atoms. The molecule has 0 N–H and O–H groups in total. The minimum Gasteiger partial charge on any atom is -0.234 e. The van der Waals surface area contributed by atoms with E-state index in [0.29, 0.717) is 0 Å². The molecule has 0 saturated carbocycles. The van der Waals surface area contributed by atoms with Crippen molar-refractivity contribution in [1.29, 1.82) is 0 Å². The number of rotatable bonds is 3. The Morgan fingerprint density at radius 3 is 2.54 bits per heavy atom. The van der Waals surface area contributed by atoms with Crippen LogP contribution < -0.4 is 0 Å². The highest BCUT2D eigenvalue weighted by molar-refractivity contribution is 5.65. The van der Waals surface area contributed by atoms with Gasteiger partial charge in [-0.3, -0.25) is 0 Å². The van der Waals surface area contributed by atoms with Crippen molar-refractivity contribution in [3.63, 3.8) is 0 Å².